The minimum atomic E-state index is -0.237. The monoisotopic (exact) mass is 231 g/mol. The number of hydrogen-bond acceptors (Lipinski definition) is 2. The molecule has 0 amide bonds. The summed E-state index contributed by atoms with van der Waals surface area (Å²) in [7, 11) is 0. The van der Waals surface area contributed by atoms with E-state index in [9.17, 15) is 4.39 Å². The van der Waals surface area contributed by atoms with Gasteiger partial charge in [0.15, 0.2) is 0 Å². The summed E-state index contributed by atoms with van der Waals surface area (Å²) < 4.78 is 13.7. The summed E-state index contributed by atoms with van der Waals surface area (Å²) >= 11 is 1.45. The summed E-state index contributed by atoms with van der Waals surface area (Å²) in [6, 6.07) is 17.0. The molecule has 1 aromatic heterocycles. The predicted octanol–water partition coefficient (Wildman–Crippen LogP) is 4.12. The van der Waals surface area contributed by atoms with Gasteiger partial charge in [0.2, 0.25) is 0 Å². The normalized spacial score (nSPS) is 9.56. The van der Waals surface area contributed by atoms with Crippen LogP contribution in [-0.2, 0) is 0 Å². The van der Waals surface area contributed by atoms with Crippen molar-refractivity contribution in [2.45, 2.75) is 0 Å². The maximum Gasteiger partial charge on any atom is 0.150 e. The van der Waals surface area contributed by atoms with Crippen molar-refractivity contribution in [1.82, 2.24) is 4.98 Å². The number of rotatable bonds is 0. The topological polar surface area (TPSA) is 12.9 Å². The van der Waals surface area contributed by atoms with Gasteiger partial charge in [-0.25, -0.2) is 9.37 Å². The Morgan fingerprint density at radius 1 is 0.875 bits per heavy atom. The minimum Gasteiger partial charge on any atom is -0.242 e. The average Bonchev–Trinajstić information content (AvgIpc) is 2.82. The van der Waals surface area contributed by atoms with Crippen molar-refractivity contribution in [3.8, 4) is 0 Å². The lowest BCUT2D eigenvalue weighted by molar-refractivity contribution is 0.637. The quantitative estimate of drug-likeness (QED) is 0.567. The van der Waals surface area contributed by atoms with E-state index in [1.165, 1.54) is 17.4 Å². The molecule has 3 rings (SSSR count). The standard InChI is InChI=1S/C7H4FNS.C6H6/c8-5-2-1-3-6-7(5)9-4-10-6;1-2-4-6-5-3-1/h1-4H;1-6H. The number of nitrogens with zero attached hydrogens (tertiary/aromatic N) is 1. The van der Waals surface area contributed by atoms with E-state index < -0.39 is 0 Å². The highest BCUT2D eigenvalue weighted by Gasteiger charge is 1.99. The second-order valence-electron chi connectivity index (χ2n) is 3.09. The third-order valence-electron chi connectivity index (χ3n) is 1.98. The largest absolute Gasteiger partial charge is 0.242 e. The van der Waals surface area contributed by atoms with Gasteiger partial charge >= 0.3 is 0 Å². The summed E-state index contributed by atoms with van der Waals surface area (Å²) in [5.41, 5.74) is 2.13. The summed E-state index contributed by atoms with van der Waals surface area (Å²) in [5, 5.41) is 0. The van der Waals surface area contributed by atoms with Gasteiger partial charge in [0, 0.05) is 0 Å². The Labute approximate surface area is 97.2 Å². The van der Waals surface area contributed by atoms with E-state index in [0.717, 1.165) is 4.70 Å². The number of para-hydroxylation sites is 1. The van der Waals surface area contributed by atoms with Gasteiger partial charge in [0.05, 0.1) is 10.2 Å². The molecule has 0 fully saturated rings. The van der Waals surface area contributed by atoms with Crippen LogP contribution in [0.2, 0.25) is 0 Å². The molecule has 0 N–H and O–H groups in total. The molecular formula is C13H10FNS. The molecule has 3 aromatic rings. The highest BCUT2D eigenvalue weighted by atomic mass is 32.1. The Bertz CT molecular complexity index is 521. The van der Waals surface area contributed by atoms with Crippen LogP contribution in [0, 0.1) is 5.82 Å². The number of aromatic nitrogens is 1. The highest BCUT2D eigenvalue weighted by Crippen LogP contribution is 2.19. The van der Waals surface area contributed by atoms with Crippen LogP contribution in [0.5, 0.6) is 0 Å². The summed E-state index contributed by atoms with van der Waals surface area (Å²) in [6.45, 7) is 0. The van der Waals surface area contributed by atoms with E-state index in [0.29, 0.717) is 5.52 Å². The molecule has 0 aliphatic rings. The predicted molar refractivity (Wildman–Crippen MR) is 66.0 cm³/mol. The van der Waals surface area contributed by atoms with Gasteiger partial charge in [-0.1, -0.05) is 42.5 Å². The number of thiazole rings is 1. The molecular weight excluding hydrogens is 221 g/mol. The zero-order valence-corrected chi connectivity index (χ0v) is 9.32. The van der Waals surface area contributed by atoms with Crippen LogP contribution in [0.15, 0.2) is 60.1 Å². The van der Waals surface area contributed by atoms with Crippen LogP contribution in [0.3, 0.4) is 0 Å². The van der Waals surface area contributed by atoms with Crippen LogP contribution in [0.4, 0.5) is 4.39 Å². The van der Waals surface area contributed by atoms with E-state index in [2.05, 4.69) is 4.98 Å². The van der Waals surface area contributed by atoms with Crippen LogP contribution in [0.1, 0.15) is 0 Å². The Kier molecular flexibility index (Phi) is 3.62. The van der Waals surface area contributed by atoms with Crippen molar-refractivity contribution in [3.05, 3.63) is 65.9 Å². The fraction of sp³-hybridized carbons (Fsp3) is 0. The Morgan fingerprint density at radius 3 is 2.06 bits per heavy atom. The van der Waals surface area contributed by atoms with E-state index in [1.54, 1.807) is 11.6 Å². The molecule has 3 heteroatoms. The molecule has 0 saturated heterocycles. The zero-order valence-electron chi connectivity index (χ0n) is 8.51. The summed E-state index contributed by atoms with van der Waals surface area (Å²) in [6.07, 6.45) is 0. The molecule has 0 aliphatic heterocycles. The molecule has 0 saturated carbocycles. The molecule has 0 aliphatic carbocycles. The number of benzene rings is 2. The lowest BCUT2D eigenvalue weighted by Gasteiger charge is -1.86. The van der Waals surface area contributed by atoms with Gasteiger partial charge in [-0.05, 0) is 12.1 Å². The van der Waals surface area contributed by atoms with Crippen molar-refractivity contribution >= 4 is 21.6 Å². The van der Waals surface area contributed by atoms with Gasteiger partial charge in [-0.2, -0.15) is 0 Å². The first-order chi connectivity index (χ1) is 7.88. The van der Waals surface area contributed by atoms with E-state index in [-0.39, 0.29) is 5.82 Å². The van der Waals surface area contributed by atoms with Crippen molar-refractivity contribution in [2.24, 2.45) is 0 Å². The Hall–Kier alpha value is -1.74. The molecule has 80 valence electrons. The molecule has 1 nitrogen and oxygen atoms in total. The van der Waals surface area contributed by atoms with Crippen LogP contribution < -0.4 is 0 Å². The average molecular weight is 231 g/mol. The van der Waals surface area contributed by atoms with Crippen LogP contribution in [0.25, 0.3) is 10.2 Å². The third kappa shape index (κ3) is 2.64. The van der Waals surface area contributed by atoms with Gasteiger partial charge in [-0.3, -0.25) is 0 Å². The number of fused-ring (bicyclic) bond motifs is 1. The number of hydrogen-bond donors (Lipinski definition) is 0. The van der Waals surface area contributed by atoms with E-state index >= 15 is 0 Å². The van der Waals surface area contributed by atoms with E-state index in [1.807, 2.05) is 42.5 Å². The SMILES string of the molecule is Fc1cccc2scnc12.c1ccccc1. The third-order valence-corrected chi connectivity index (χ3v) is 2.77. The van der Waals surface area contributed by atoms with E-state index in [4.69, 9.17) is 0 Å². The van der Waals surface area contributed by atoms with Crippen LogP contribution >= 0.6 is 11.3 Å². The molecule has 0 spiro atoms. The van der Waals surface area contributed by atoms with Crippen molar-refractivity contribution in [2.75, 3.05) is 0 Å². The lowest BCUT2D eigenvalue weighted by atomic mass is 10.3. The first kappa shape index (κ1) is 10.8. The summed E-state index contributed by atoms with van der Waals surface area (Å²) in [5.74, 6) is -0.237. The fourth-order valence-electron chi connectivity index (χ4n) is 1.24. The van der Waals surface area contributed by atoms with Crippen molar-refractivity contribution in [3.63, 3.8) is 0 Å². The van der Waals surface area contributed by atoms with Crippen molar-refractivity contribution in [1.29, 1.82) is 0 Å². The second kappa shape index (κ2) is 5.37. The molecule has 0 bridgehead atoms. The molecule has 0 atom stereocenters. The van der Waals surface area contributed by atoms with Gasteiger partial charge < -0.3 is 0 Å². The minimum absolute atomic E-state index is 0.237. The second-order valence-corrected chi connectivity index (χ2v) is 3.98. The first-order valence-corrected chi connectivity index (χ1v) is 5.73. The van der Waals surface area contributed by atoms with Crippen LogP contribution in [-0.4, -0.2) is 4.98 Å². The Balaban J connectivity index is 0.000000138. The number of halogens is 1. The lowest BCUT2D eigenvalue weighted by Crippen LogP contribution is -1.73. The molecule has 0 unspecified atom stereocenters. The van der Waals surface area contributed by atoms with Gasteiger partial charge in [-0.15, -0.1) is 11.3 Å². The maximum atomic E-state index is 12.8. The Morgan fingerprint density at radius 2 is 1.50 bits per heavy atom. The highest BCUT2D eigenvalue weighted by molar-refractivity contribution is 7.16. The molecule has 0 radical (unpaired) electrons. The summed E-state index contributed by atoms with van der Waals surface area (Å²) in [4.78, 5) is 3.86. The van der Waals surface area contributed by atoms with Gasteiger partial charge in [0.1, 0.15) is 11.3 Å². The van der Waals surface area contributed by atoms with Crippen molar-refractivity contribution < 1.29 is 4.39 Å². The smallest absolute Gasteiger partial charge is 0.150 e. The molecule has 2 aromatic carbocycles. The fourth-order valence-corrected chi connectivity index (χ4v) is 1.93. The maximum absolute atomic E-state index is 12.8. The first-order valence-electron chi connectivity index (χ1n) is 4.85. The zero-order chi connectivity index (χ0) is 11.2. The van der Waals surface area contributed by atoms with Gasteiger partial charge in [0.25, 0.3) is 0 Å². The molecule has 16 heavy (non-hydrogen) atoms. The molecule has 1 heterocycles.